The van der Waals surface area contributed by atoms with E-state index in [1.165, 1.54) is 22.7 Å². The first-order chi connectivity index (χ1) is 8.99. The fourth-order valence-electron chi connectivity index (χ4n) is 1.52. The average Bonchev–Trinajstić information content (AvgIpc) is 2.58. The number of hydrogen-bond acceptors (Lipinski definition) is 6. The molecule has 0 spiro atoms. The SMILES string of the molecule is CCOC(=O)/C=C1\SC(CC(=O)OCC)C(=O)N1C. The van der Waals surface area contributed by atoms with Crippen molar-refractivity contribution in [3.05, 3.63) is 11.1 Å². The molecular formula is C12H17NO5S. The minimum Gasteiger partial charge on any atom is -0.466 e. The molecule has 19 heavy (non-hydrogen) atoms. The van der Waals surface area contributed by atoms with Gasteiger partial charge in [-0.1, -0.05) is 11.8 Å². The molecule has 1 aliphatic rings. The molecule has 0 aromatic heterocycles. The molecule has 0 saturated carbocycles. The fourth-order valence-corrected chi connectivity index (χ4v) is 2.70. The number of rotatable bonds is 5. The molecule has 106 valence electrons. The number of nitrogens with zero attached hydrogens (tertiary/aromatic N) is 1. The molecule has 0 N–H and O–H groups in total. The zero-order valence-corrected chi connectivity index (χ0v) is 12.0. The average molecular weight is 287 g/mol. The molecule has 1 saturated heterocycles. The van der Waals surface area contributed by atoms with Crippen molar-refractivity contribution in [2.75, 3.05) is 20.3 Å². The molecule has 7 heteroatoms. The Bertz CT molecular complexity index is 407. The topological polar surface area (TPSA) is 72.9 Å². The zero-order valence-electron chi connectivity index (χ0n) is 11.2. The molecule has 0 aromatic carbocycles. The summed E-state index contributed by atoms with van der Waals surface area (Å²) < 4.78 is 9.59. The van der Waals surface area contributed by atoms with Crippen molar-refractivity contribution in [3.8, 4) is 0 Å². The van der Waals surface area contributed by atoms with Gasteiger partial charge in [-0.2, -0.15) is 0 Å². The van der Waals surface area contributed by atoms with E-state index in [0.29, 0.717) is 5.03 Å². The molecule has 1 fully saturated rings. The van der Waals surface area contributed by atoms with E-state index < -0.39 is 17.2 Å². The highest BCUT2D eigenvalue weighted by Gasteiger charge is 2.36. The van der Waals surface area contributed by atoms with Gasteiger partial charge in [-0.3, -0.25) is 9.59 Å². The van der Waals surface area contributed by atoms with Crippen LogP contribution in [0.5, 0.6) is 0 Å². The van der Waals surface area contributed by atoms with Crippen LogP contribution in [0.3, 0.4) is 0 Å². The van der Waals surface area contributed by atoms with Crippen LogP contribution in [0.1, 0.15) is 20.3 Å². The van der Waals surface area contributed by atoms with Gasteiger partial charge in [-0.05, 0) is 13.8 Å². The summed E-state index contributed by atoms with van der Waals surface area (Å²) in [6, 6.07) is 0. The van der Waals surface area contributed by atoms with E-state index in [1.54, 1.807) is 20.9 Å². The van der Waals surface area contributed by atoms with Gasteiger partial charge in [0.2, 0.25) is 5.91 Å². The Hall–Kier alpha value is -1.50. The van der Waals surface area contributed by atoms with Crippen LogP contribution in [0.15, 0.2) is 11.1 Å². The summed E-state index contributed by atoms with van der Waals surface area (Å²) in [4.78, 5) is 36.0. The van der Waals surface area contributed by atoms with E-state index in [9.17, 15) is 14.4 Å². The zero-order chi connectivity index (χ0) is 14.4. The van der Waals surface area contributed by atoms with E-state index >= 15 is 0 Å². The molecule has 6 nitrogen and oxygen atoms in total. The maximum absolute atomic E-state index is 11.9. The molecule has 0 bridgehead atoms. The third kappa shape index (κ3) is 4.27. The van der Waals surface area contributed by atoms with Gasteiger partial charge in [-0.15, -0.1) is 0 Å². The first kappa shape index (κ1) is 15.6. The quantitative estimate of drug-likeness (QED) is 0.553. The second kappa shape index (κ2) is 7.18. The Labute approximate surface area is 116 Å². The Balaban J connectivity index is 2.68. The van der Waals surface area contributed by atoms with Crippen LogP contribution in [0, 0.1) is 0 Å². The normalized spacial score (nSPS) is 20.8. The number of esters is 2. The molecule has 0 aliphatic carbocycles. The lowest BCUT2D eigenvalue weighted by Crippen LogP contribution is -2.27. The molecule has 1 aliphatic heterocycles. The minimum atomic E-state index is -0.537. The molecular weight excluding hydrogens is 270 g/mol. The molecule has 1 unspecified atom stereocenters. The summed E-state index contributed by atoms with van der Waals surface area (Å²) in [7, 11) is 1.56. The lowest BCUT2D eigenvalue weighted by molar-refractivity contribution is -0.144. The smallest absolute Gasteiger partial charge is 0.333 e. The maximum Gasteiger partial charge on any atom is 0.333 e. The maximum atomic E-state index is 11.9. The van der Waals surface area contributed by atoms with Gasteiger partial charge in [0.25, 0.3) is 0 Å². The van der Waals surface area contributed by atoms with Crippen LogP contribution >= 0.6 is 11.8 Å². The first-order valence-corrected chi connectivity index (χ1v) is 6.85. The standard InChI is InChI=1S/C12H17NO5S/c1-4-17-10(14)6-8-12(16)13(3)9(19-8)7-11(15)18-5-2/h7-8H,4-6H2,1-3H3/b9-7-. The van der Waals surface area contributed by atoms with Crippen molar-refractivity contribution in [3.63, 3.8) is 0 Å². The van der Waals surface area contributed by atoms with E-state index in [0.717, 1.165) is 0 Å². The highest BCUT2D eigenvalue weighted by Crippen LogP contribution is 2.35. The van der Waals surface area contributed by atoms with Crippen molar-refractivity contribution in [2.24, 2.45) is 0 Å². The number of amides is 1. The van der Waals surface area contributed by atoms with E-state index in [-0.39, 0.29) is 25.5 Å². The molecule has 0 aromatic rings. The minimum absolute atomic E-state index is 0.00183. The predicted octanol–water partition coefficient (Wildman–Crippen LogP) is 0.918. The van der Waals surface area contributed by atoms with Crippen molar-refractivity contribution >= 4 is 29.6 Å². The Morgan fingerprint density at radius 3 is 2.53 bits per heavy atom. The van der Waals surface area contributed by atoms with Crippen LogP contribution in [0.2, 0.25) is 0 Å². The Morgan fingerprint density at radius 2 is 1.95 bits per heavy atom. The van der Waals surface area contributed by atoms with Gasteiger partial charge >= 0.3 is 11.9 Å². The van der Waals surface area contributed by atoms with Gasteiger partial charge in [0, 0.05) is 7.05 Å². The highest BCUT2D eigenvalue weighted by atomic mass is 32.2. The van der Waals surface area contributed by atoms with Gasteiger partial charge < -0.3 is 14.4 Å². The van der Waals surface area contributed by atoms with Crippen LogP contribution in [0.4, 0.5) is 0 Å². The fraction of sp³-hybridized carbons (Fsp3) is 0.583. The molecule has 1 heterocycles. The summed E-state index contributed by atoms with van der Waals surface area (Å²) in [5, 5.41) is -0.0533. The van der Waals surface area contributed by atoms with Crippen molar-refractivity contribution in [2.45, 2.75) is 25.5 Å². The number of ether oxygens (including phenoxy) is 2. The third-order valence-corrected chi connectivity index (χ3v) is 3.67. The summed E-state index contributed by atoms with van der Waals surface area (Å²) in [6.45, 7) is 3.97. The molecule has 1 atom stereocenters. The van der Waals surface area contributed by atoms with E-state index in [2.05, 4.69) is 0 Å². The van der Waals surface area contributed by atoms with Crippen molar-refractivity contribution in [1.29, 1.82) is 0 Å². The number of thioether (sulfide) groups is 1. The first-order valence-electron chi connectivity index (χ1n) is 5.97. The highest BCUT2D eigenvalue weighted by molar-refractivity contribution is 8.04. The predicted molar refractivity (Wildman–Crippen MR) is 70.1 cm³/mol. The van der Waals surface area contributed by atoms with E-state index in [4.69, 9.17) is 9.47 Å². The second-order valence-corrected chi connectivity index (χ2v) is 4.97. The monoisotopic (exact) mass is 287 g/mol. The number of carbonyl (C=O) groups is 3. The van der Waals surface area contributed by atoms with Gasteiger partial charge in [0.05, 0.1) is 30.7 Å². The van der Waals surface area contributed by atoms with Gasteiger partial charge in [0.1, 0.15) is 5.25 Å². The largest absolute Gasteiger partial charge is 0.466 e. The Morgan fingerprint density at radius 1 is 1.32 bits per heavy atom. The summed E-state index contributed by atoms with van der Waals surface area (Å²) in [5.41, 5.74) is 0. The molecule has 0 radical (unpaired) electrons. The van der Waals surface area contributed by atoms with Crippen molar-refractivity contribution in [1.82, 2.24) is 4.90 Å². The summed E-state index contributed by atoms with van der Waals surface area (Å²) in [5.74, 6) is -1.13. The van der Waals surface area contributed by atoms with E-state index in [1.807, 2.05) is 0 Å². The number of carbonyl (C=O) groups excluding carboxylic acids is 3. The van der Waals surface area contributed by atoms with Gasteiger partial charge in [0.15, 0.2) is 0 Å². The number of hydrogen-bond donors (Lipinski definition) is 0. The Kier molecular flexibility index (Phi) is 5.88. The van der Waals surface area contributed by atoms with Crippen molar-refractivity contribution < 1.29 is 23.9 Å². The lowest BCUT2D eigenvalue weighted by atomic mass is 10.3. The molecule has 1 rings (SSSR count). The van der Waals surface area contributed by atoms with Crippen LogP contribution < -0.4 is 0 Å². The third-order valence-electron chi connectivity index (χ3n) is 2.38. The second-order valence-electron chi connectivity index (χ2n) is 3.75. The lowest BCUT2D eigenvalue weighted by Gasteiger charge is -2.09. The summed E-state index contributed by atoms with van der Waals surface area (Å²) >= 11 is 1.17. The molecule has 1 amide bonds. The van der Waals surface area contributed by atoms with Crippen LogP contribution in [-0.4, -0.2) is 48.3 Å². The van der Waals surface area contributed by atoms with Gasteiger partial charge in [-0.25, -0.2) is 4.79 Å². The van der Waals surface area contributed by atoms with Crippen LogP contribution in [0.25, 0.3) is 0 Å². The van der Waals surface area contributed by atoms with Crippen LogP contribution in [-0.2, 0) is 23.9 Å². The summed E-state index contributed by atoms with van der Waals surface area (Å²) in [6.07, 6.45) is 1.26.